The predicted octanol–water partition coefficient (Wildman–Crippen LogP) is 0.523. The Hall–Kier alpha value is -1.70. The largest absolute Gasteiger partial charge is 0.370 e. The van der Waals surface area contributed by atoms with Crippen molar-refractivity contribution in [3.05, 3.63) is 23.6 Å². The summed E-state index contributed by atoms with van der Waals surface area (Å²) in [5, 5.41) is 2.90. The van der Waals surface area contributed by atoms with E-state index in [1.807, 2.05) is 6.92 Å². The van der Waals surface area contributed by atoms with Crippen molar-refractivity contribution in [2.75, 3.05) is 36.5 Å². The normalized spacial score (nSPS) is 17.8. The summed E-state index contributed by atoms with van der Waals surface area (Å²) < 4.78 is 36.0. The summed E-state index contributed by atoms with van der Waals surface area (Å²) in [5.41, 5.74) is 0.131. The van der Waals surface area contributed by atoms with Crippen LogP contribution in [0.25, 0.3) is 0 Å². The number of anilines is 1. The standard InChI is InChI=1S/C12H16FN3O3S/c1-2-14-11-10(7-9(13)8-15-11)12(17)16-3-5-20(18,19)6-4-16/h7-8H,2-6H2,1H3,(H,14,15). The number of sulfone groups is 1. The number of rotatable bonds is 3. The maximum Gasteiger partial charge on any atom is 0.257 e. The molecule has 1 N–H and O–H groups in total. The number of hydrogen-bond acceptors (Lipinski definition) is 5. The van der Waals surface area contributed by atoms with Gasteiger partial charge in [-0.15, -0.1) is 0 Å². The van der Waals surface area contributed by atoms with E-state index in [1.165, 1.54) is 4.90 Å². The molecule has 0 atom stereocenters. The monoisotopic (exact) mass is 301 g/mol. The third-order valence-corrected chi connectivity index (χ3v) is 4.67. The van der Waals surface area contributed by atoms with E-state index in [4.69, 9.17) is 0 Å². The van der Waals surface area contributed by atoms with Crippen molar-refractivity contribution in [2.45, 2.75) is 6.92 Å². The minimum absolute atomic E-state index is 0.0575. The fourth-order valence-electron chi connectivity index (χ4n) is 2.00. The Morgan fingerprint density at radius 1 is 1.45 bits per heavy atom. The average molecular weight is 301 g/mol. The SMILES string of the molecule is CCNc1ncc(F)cc1C(=O)N1CCS(=O)(=O)CC1. The zero-order chi connectivity index (χ0) is 14.8. The number of halogens is 1. The van der Waals surface area contributed by atoms with Crippen LogP contribution < -0.4 is 5.32 Å². The van der Waals surface area contributed by atoms with E-state index in [1.54, 1.807) is 0 Å². The number of amides is 1. The molecular formula is C12H16FN3O3S. The van der Waals surface area contributed by atoms with Crippen LogP contribution in [0.2, 0.25) is 0 Å². The molecule has 1 aliphatic heterocycles. The quantitative estimate of drug-likeness (QED) is 0.880. The number of carbonyl (C=O) groups excluding carboxylic acids is 1. The van der Waals surface area contributed by atoms with E-state index in [-0.39, 0.29) is 30.2 Å². The van der Waals surface area contributed by atoms with Crippen LogP contribution in [-0.4, -0.2) is 55.3 Å². The molecule has 6 nitrogen and oxygen atoms in total. The summed E-state index contributed by atoms with van der Waals surface area (Å²) >= 11 is 0. The first-order valence-electron chi connectivity index (χ1n) is 6.32. The Kier molecular flexibility index (Phi) is 4.22. The highest BCUT2D eigenvalue weighted by Crippen LogP contribution is 2.17. The minimum Gasteiger partial charge on any atom is -0.370 e. The fourth-order valence-corrected chi connectivity index (χ4v) is 3.20. The van der Waals surface area contributed by atoms with Gasteiger partial charge in [-0.25, -0.2) is 17.8 Å². The summed E-state index contributed by atoms with van der Waals surface area (Å²) in [5.74, 6) is -0.800. The van der Waals surface area contributed by atoms with Gasteiger partial charge in [-0.05, 0) is 13.0 Å². The van der Waals surface area contributed by atoms with Crippen molar-refractivity contribution in [3.63, 3.8) is 0 Å². The van der Waals surface area contributed by atoms with Gasteiger partial charge in [0.05, 0.1) is 23.3 Å². The van der Waals surface area contributed by atoms with Gasteiger partial charge in [0.25, 0.3) is 5.91 Å². The minimum atomic E-state index is -3.06. The summed E-state index contributed by atoms with van der Waals surface area (Å²) in [6.07, 6.45) is 1.04. The molecule has 1 amide bonds. The first-order chi connectivity index (χ1) is 9.43. The first kappa shape index (κ1) is 14.7. The van der Waals surface area contributed by atoms with Crippen LogP contribution in [0.4, 0.5) is 10.2 Å². The molecule has 0 saturated carbocycles. The van der Waals surface area contributed by atoms with Crippen LogP contribution in [0.15, 0.2) is 12.3 Å². The number of aromatic nitrogens is 1. The van der Waals surface area contributed by atoms with Gasteiger partial charge < -0.3 is 10.2 Å². The summed E-state index contributed by atoms with van der Waals surface area (Å²) in [4.78, 5) is 17.6. The van der Waals surface area contributed by atoms with E-state index in [2.05, 4.69) is 10.3 Å². The van der Waals surface area contributed by atoms with Crippen LogP contribution in [0.1, 0.15) is 17.3 Å². The smallest absolute Gasteiger partial charge is 0.257 e. The summed E-state index contributed by atoms with van der Waals surface area (Å²) in [7, 11) is -3.06. The maximum absolute atomic E-state index is 13.3. The Balaban J connectivity index is 2.22. The summed E-state index contributed by atoms with van der Waals surface area (Å²) in [6.45, 7) is 2.65. The molecule has 1 aliphatic rings. The van der Waals surface area contributed by atoms with Gasteiger partial charge in [-0.3, -0.25) is 4.79 Å². The molecule has 0 radical (unpaired) electrons. The van der Waals surface area contributed by atoms with Crippen molar-refractivity contribution in [1.29, 1.82) is 0 Å². The van der Waals surface area contributed by atoms with E-state index < -0.39 is 21.6 Å². The lowest BCUT2D eigenvalue weighted by Crippen LogP contribution is -2.44. The fraction of sp³-hybridized carbons (Fsp3) is 0.500. The van der Waals surface area contributed by atoms with Crippen LogP contribution in [-0.2, 0) is 9.84 Å². The number of carbonyl (C=O) groups is 1. The zero-order valence-electron chi connectivity index (χ0n) is 11.1. The van der Waals surface area contributed by atoms with Crippen molar-refractivity contribution < 1.29 is 17.6 Å². The number of nitrogens with zero attached hydrogens (tertiary/aromatic N) is 2. The molecule has 0 bridgehead atoms. The highest BCUT2D eigenvalue weighted by Gasteiger charge is 2.27. The highest BCUT2D eigenvalue weighted by atomic mass is 32.2. The molecule has 20 heavy (non-hydrogen) atoms. The lowest BCUT2D eigenvalue weighted by Gasteiger charge is -2.27. The average Bonchev–Trinajstić information content (AvgIpc) is 2.40. The summed E-state index contributed by atoms with van der Waals surface area (Å²) in [6, 6.07) is 1.12. The van der Waals surface area contributed by atoms with Crippen molar-refractivity contribution in [2.24, 2.45) is 0 Å². The van der Waals surface area contributed by atoms with E-state index in [9.17, 15) is 17.6 Å². The number of hydrogen-bond donors (Lipinski definition) is 1. The molecule has 2 rings (SSSR count). The Morgan fingerprint density at radius 3 is 2.70 bits per heavy atom. The molecule has 1 aromatic heterocycles. The van der Waals surface area contributed by atoms with Crippen LogP contribution in [0, 0.1) is 5.82 Å². The predicted molar refractivity (Wildman–Crippen MR) is 72.9 cm³/mol. The van der Waals surface area contributed by atoms with E-state index >= 15 is 0 Å². The van der Waals surface area contributed by atoms with Gasteiger partial charge >= 0.3 is 0 Å². The van der Waals surface area contributed by atoms with Crippen LogP contribution in [0.3, 0.4) is 0 Å². The molecular weight excluding hydrogens is 285 g/mol. The molecule has 1 saturated heterocycles. The van der Waals surface area contributed by atoms with Crippen molar-refractivity contribution in [1.82, 2.24) is 9.88 Å². The molecule has 1 fully saturated rings. The van der Waals surface area contributed by atoms with Crippen molar-refractivity contribution >= 4 is 21.6 Å². The van der Waals surface area contributed by atoms with E-state index in [0.29, 0.717) is 12.4 Å². The topological polar surface area (TPSA) is 79.4 Å². The molecule has 0 spiro atoms. The Morgan fingerprint density at radius 2 is 2.10 bits per heavy atom. The van der Waals surface area contributed by atoms with Gasteiger partial charge in [0, 0.05) is 19.6 Å². The molecule has 0 aliphatic carbocycles. The van der Waals surface area contributed by atoms with Crippen LogP contribution in [0.5, 0.6) is 0 Å². The van der Waals surface area contributed by atoms with Gasteiger partial charge in [0.2, 0.25) is 0 Å². The molecule has 110 valence electrons. The zero-order valence-corrected chi connectivity index (χ0v) is 11.9. The Bertz CT molecular complexity index is 604. The molecule has 2 heterocycles. The van der Waals surface area contributed by atoms with Gasteiger partial charge in [0.15, 0.2) is 9.84 Å². The second-order valence-electron chi connectivity index (χ2n) is 4.52. The molecule has 1 aromatic rings. The number of pyridine rings is 1. The lowest BCUT2D eigenvalue weighted by molar-refractivity contribution is 0.0770. The van der Waals surface area contributed by atoms with Gasteiger partial charge in [0.1, 0.15) is 11.6 Å². The number of nitrogens with one attached hydrogen (secondary N) is 1. The second kappa shape index (κ2) is 5.74. The van der Waals surface area contributed by atoms with E-state index in [0.717, 1.165) is 12.3 Å². The van der Waals surface area contributed by atoms with Gasteiger partial charge in [-0.2, -0.15) is 0 Å². The first-order valence-corrected chi connectivity index (χ1v) is 8.14. The highest BCUT2D eigenvalue weighted by molar-refractivity contribution is 7.91. The molecule has 8 heteroatoms. The van der Waals surface area contributed by atoms with Gasteiger partial charge in [-0.1, -0.05) is 0 Å². The third-order valence-electron chi connectivity index (χ3n) is 3.06. The maximum atomic E-state index is 13.3. The van der Waals surface area contributed by atoms with Crippen molar-refractivity contribution in [3.8, 4) is 0 Å². The Labute approximate surface area is 116 Å². The third kappa shape index (κ3) is 3.24. The molecule has 0 aromatic carbocycles. The van der Waals surface area contributed by atoms with Crippen LogP contribution >= 0.6 is 0 Å². The second-order valence-corrected chi connectivity index (χ2v) is 6.83. The molecule has 0 unspecified atom stereocenters. The lowest BCUT2D eigenvalue weighted by atomic mass is 10.2.